The minimum absolute atomic E-state index is 0.126. The number of aromatic nitrogens is 1. The van der Waals surface area contributed by atoms with E-state index in [1.807, 2.05) is 36.4 Å². The smallest absolute Gasteiger partial charge is 0.231 e. The molecule has 4 aromatic rings. The highest BCUT2D eigenvalue weighted by Gasteiger charge is 2.15. The number of oxazole rings is 1. The molecule has 3 nitrogen and oxygen atoms in total. The molecule has 0 bridgehead atoms. The number of nitrogens with zero attached hydrogens (tertiary/aromatic N) is 1. The molecule has 0 spiro atoms. The Labute approximate surface area is 126 Å². The van der Waals surface area contributed by atoms with E-state index in [1.54, 1.807) is 18.2 Å². The van der Waals surface area contributed by atoms with Crippen LogP contribution in [0.5, 0.6) is 5.75 Å². The van der Waals surface area contributed by atoms with Crippen molar-refractivity contribution in [1.29, 1.82) is 0 Å². The quantitative estimate of drug-likeness (QED) is 0.529. The minimum Gasteiger partial charge on any atom is -0.507 e. The Hall–Kier alpha value is -3.25. The lowest BCUT2D eigenvalue weighted by molar-refractivity contribution is 0.474. The molecule has 0 amide bonds. The molecular weight excluding hydrogens is 274 g/mol. The first-order valence-electron chi connectivity index (χ1n) is 6.85. The number of phenolic OH excluding ortho intramolecular Hbond substituents is 1. The Morgan fingerprint density at radius 2 is 1.82 bits per heavy atom. The lowest BCUT2D eigenvalue weighted by atomic mass is 10.0. The van der Waals surface area contributed by atoms with Gasteiger partial charge in [-0.3, -0.25) is 0 Å². The van der Waals surface area contributed by atoms with Crippen LogP contribution in [0.2, 0.25) is 0 Å². The first-order chi connectivity index (χ1) is 10.8. The summed E-state index contributed by atoms with van der Waals surface area (Å²) in [5.74, 6) is 3.18. The van der Waals surface area contributed by atoms with Gasteiger partial charge in [-0.25, -0.2) is 4.98 Å². The third kappa shape index (κ3) is 1.75. The summed E-state index contributed by atoms with van der Waals surface area (Å²) >= 11 is 0. The molecule has 0 aliphatic heterocycles. The maximum atomic E-state index is 9.96. The standard InChI is InChI=1S/C19H11NO2/c1-2-13-14-8-4-3-7-12(14)11-16-18(13)22-19(20-16)15-9-5-6-10-17(15)21/h1,3-11,21H. The Bertz CT molecular complexity index is 1050. The van der Waals surface area contributed by atoms with Crippen LogP contribution in [0.1, 0.15) is 5.56 Å². The zero-order valence-electron chi connectivity index (χ0n) is 11.6. The molecule has 0 saturated heterocycles. The molecular formula is C19H11NO2. The number of terminal acetylenes is 1. The third-order valence-electron chi connectivity index (χ3n) is 3.68. The average molecular weight is 285 g/mol. The van der Waals surface area contributed by atoms with Gasteiger partial charge in [0, 0.05) is 5.39 Å². The summed E-state index contributed by atoms with van der Waals surface area (Å²) in [6, 6.07) is 16.7. The third-order valence-corrected chi connectivity index (χ3v) is 3.68. The highest BCUT2D eigenvalue weighted by Crippen LogP contribution is 2.34. The number of phenols is 1. The van der Waals surface area contributed by atoms with Gasteiger partial charge in [-0.1, -0.05) is 42.3 Å². The Kier molecular flexibility index (Phi) is 2.64. The summed E-state index contributed by atoms with van der Waals surface area (Å²) in [6.45, 7) is 0. The average Bonchev–Trinajstić information content (AvgIpc) is 2.96. The van der Waals surface area contributed by atoms with Crippen LogP contribution < -0.4 is 0 Å². The van der Waals surface area contributed by atoms with Crippen molar-refractivity contribution in [2.24, 2.45) is 0 Å². The van der Waals surface area contributed by atoms with Gasteiger partial charge in [-0.05, 0) is 23.6 Å². The number of hydrogen-bond acceptors (Lipinski definition) is 3. The van der Waals surface area contributed by atoms with Crippen LogP contribution in [-0.2, 0) is 0 Å². The van der Waals surface area contributed by atoms with Gasteiger partial charge in [0.15, 0.2) is 5.58 Å². The molecule has 3 aromatic carbocycles. The zero-order valence-corrected chi connectivity index (χ0v) is 11.6. The van der Waals surface area contributed by atoms with E-state index >= 15 is 0 Å². The van der Waals surface area contributed by atoms with E-state index in [0.717, 1.165) is 10.8 Å². The summed E-state index contributed by atoms with van der Waals surface area (Å²) in [5.41, 5.74) is 2.48. The normalized spacial score (nSPS) is 10.9. The SMILES string of the molecule is C#Cc1c2ccccc2cc2nc(-c3ccccc3O)oc12. The monoisotopic (exact) mass is 285 g/mol. The lowest BCUT2D eigenvalue weighted by Crippen LogP contribution is -1.81. The first kappa shape index (κ1) is 12.5. The predicted octanol–water partition coefficient (Wildman–Crippen LogP) is 4.33. The maximum Gasteiger partial charge on any atom is 0.231 e. The fraction of sp³-hybridized carbons (Fsp3) is 0. The zero-order chi connectivity index (χ0) is 15.1. The molecule has 1 heterocycles. The molecule has 104 valence electrons. The topological polar surface area (TPSA) is 46.3 Å². The first-order valence-corrected chi connectivity index (χ1v) is 6.85. The summed E-state index contributed by atoms with van der Waals surface area (Å²) < 4.78 is 5.85. The second kappa shape index (κ2) is 4.64. The summed E-state index contributed by atoms with van der Waals surface area (Å²) in [5, 5.41) is 11.9. The molecule has 22 heavy (non-hydrogen) atoms. The van der Waals surface area contributed by atoms with Crippen molar-refractivity contribution < 1.29 is 9.52 Å². The van der Waals surface area contributed by atoms with E-state index in [0.29, 0.717) is 28.1 Å². The van der Waals surface area contributed by atoms with Crippen molar-refractivity contribution in [3.8, 4) is 29.5 Å². The second-order valence-electron chi connectivity index (χ2n) is 5.00. The summed E-state index contributed by atoms with van der Waals surface area (Å²) in [4.78, 5) is 4.48. The van der Waals surface area contributed by atoms with E-state index in [4.69, 9.17) is 10.8 Å². The van der Waals surface area contributed by atoms with Crippen molar-refractivity contribution in [3.05, 3.63) is 60.2 Å². The molecule has 0 unspecified atom stereocenters. The van der Waals surface area contributed by atoms with E-state index in [2.05, 4.69) is 10.9 Å². The van der Waals surface area contributed by atoms with Crippen molar-refractivity contribution >= 4 is 21.9 Å². The lowest BCUT2D eigenvalue weighted by Gasteiger charge is -2.00. The van der Waals surface area contributed by atoms with Crippen molar-refractivity contribution in [2.45, 2.75) is 0 Å². The molecule has 0 fully saturated rings. The van der Waals surface area contributed by atoms with Gasteiger partial charge in [-0.15, -0.1) is 6.42 Å². The van der Waals surface area contributed by atoms with Gasteiger partial charge >= 0.3 is 0 Å². The van der Waals surface area contributed by atoms with Crippen LogP contribution in [0.3, 0.4) is 0 Å². The highest BCUT2D eigenvalue weighted by molar-refractivity contribution is 6.01. The molecule has 0 radical (unpaired) electrons. The number of benzene rings is 3. The van der Waals surface area contributed by atoms with Crippen LogP contribution in [0.15, 0.2) is 59.0 Å². The highest BCUT2D eigenvalue weighted by atomic mass is 16.3. The van der Waals surface area contributed by atoms with Crippen molar-refractivity contribution in [2.75, 3.05) is 0 Å². The maximum absolute atomic E-state index is 9.96. The van der Waals surface area contributed by atoms with Crippen molar-refractivity contribution in [1.82, 2.24) is 4.98 Å². The van der Waals surface area contributed by atoms with Crippen LogP contribution >= 0.6 is 0 Å². The van der Waals surface area contributed by atoms with E-state index in [1.165, 1.54) is 0 Å². The van der Waals surface area contributed by atoms with Crippen LogP contribution in [-0.4, -0.2) is 10.1 Å². The molecule has 0 aliphatic carbocycles. The van der Waals surface area contributed by atoms with E-state index in [-0.39, 0.29) is 5.75 Å². The fourth-order valence-electron chi connectivity index (χ4n) is 2.64. The van der Waals surface area contributed by atoms with Gasteiger partial charge < -0.3 is 9.52 Å². The number of fused-ring (bicyclic) bond motifs is 2. The fourth-order valence-corrected chi connectivity index (χ4v) is 2.64. The van der Waals surface area contributed by atoms with Gasteiger partial charge in [-0.2, -0.15) is 0 Å². The molecule has 1 N–H and O–H groups in total. The molecule has 0 saturated carbocycles. The largest absolute Gasteiger partial charge is 0.507 e. The number of rotatable bonds is 1. The molecule has 0 atom stereocenters. The van der Waals surface area contributed by atoms with E-state index < -0.39 is 0 Å². The van der Waals surface area contributed by atoms with Gasteiger partial charge in [0.1, 0.15) is 11.3 Å². The van der Waals surface area contributed by atoms with E-state index in [9.17, 15) is 5.11 Å². The Balaban J connectivity index is 2.08. The number of para-hydroxylation sites is 1. The molecule has 4 rings (SSSR count). The second-order valence-corrected chi connectivity index (χ2v) is 5.00. The van der Waals surface area contributed by atoms with Gasteiger partial charge in [0.05, 0.1) is 11.1 Å². The predicted molar refractivity (Wildman–Crippen MR) is 86.6 cm³/mol. The van der Waals surface area contributed by atoms with Crippen LogP contribution in [0, 0.1) is 12.3 Å². The van der Waals surface area contributed by atoms with Crippen LogP contribution in [0.25, 0.3) is 33.3 Å². The van der Waals surface area contributed by atoms with Gasteiger partial charge in [0.2, 0.25) is 5.89 Å². The molecule has 3 heteroatoms. The minimum atomic E-state index is 0.126. The summed E-state index contributed by atoms with van der Waals surface area (Å²) in [6.07, 6.45) is 5.67. The Morgan fingerprint density at radius 1 is 1.05 bits per heavy atom. The van der Waals surface area contributed by atoms with Crippen molar-refractivity contribution in [3.63, 3.8) is 0 Å². The Morgan fingerprint density at radius 3 is 2.64 bits per heavy atom. The number of aromatic hydroxyl groups is 1. The number of hydrogen-bond donors (Lipinski definition) is 1. The van der Waals surface area contributed by atoms with Crippen LogP contribution in [0.4, 0.5) is 0 Å². The summed E-state index contributed by atoms with van der Waals surface area (Å²) in [7, 11) is 0. The van der Waals surface area contributed by atoms with Gasteiger partial charge in [0.25, 0.3) is 0 Å². The molecule has 0 aliphatic rings. The molecule has 1 aromatic heterocycles.